The van der Waals surface area contributed by atoms with Crippen molar-refractivity contribution in [3.8, 4) is 0 Å². The molecule has 0 radical (unpaired) electrons. The van der Waals surface area contributed by atoms with Crippen LogP contribution in [0.4, 0.5) is 5.69 Å². The topological polar surface area (TPSA) is 90.0 Å². The molecule has 0 fully saturated rings. The molecule has 2 amide bonds. The van der Waals surface area contributed by atoms with Gasteiger partial charge in [0, 0.05) is 17.6 Å². The highest BCUT2D eigenvalue weighted by molar-refractivity contribution is 9.10. The summed E-state index contributed by atoms with van der Waals surface area (Å²) in [5.74, 6) is -1.04. The SMILES string of the molecule is CCn1nc(Br)cc1C(=O)Nc1c(C)cc(Cl)cc1C(N)=O. The zero-order valence-corrected chi connectivity index (χ0v) is 14.3. The Morgan fingerprint density at radius 2 is 2.09 bits per heavy atom. The normalized spacial score (nSPS) is 10.5. The number of amides is 2. The van der Waals surface area contributed by atoms with Gasteiger partial charge >= 0.3 is 0 Å². The molecule has 2 aromatic rings. The number of nitrogens with zero attached hydrogens (tertiary/aromatic N) is 2. The number of carbonyl (C=O) groups is 2. The van der Waals surface area contributed by atoms with Crippen LogP contribution in [0, 0.1) is 6.92 Å². The Bertz CT molecular complexity index is 758. The minimum Gasteiger partial charge on any atom is -0.366 e. The van der Waals surface area contributed by atoms with Crippen LogP contribution in [-0.2, 0) is 6.54 Å². The van der Waals surface area contributed by atoms with Gasteiger partial charge in [0.25, 0.3) is 11.8 Å². The average Bonchev–Trinajstić information content (AvgIpc) is 2.82. The molecular weight excluding hydrogens is 372 g/mol. The van der Waals surface area contributed by atoms with Gasteiger partial charge in [-0.05, 0) is 47.5 Å². The van der Waals surface area contributed by atoms with Crippen molar-refractivity contribution >= 4 is 45.0 Å². The van der Waals surface area contributed by atoms with E-state index in [-0.39, 0.29) is 11.5 Å². The molecule has 1 heterocycles. The number of carbonyl (C=O) groups excluding carboxylic acids is 2. The summed E-state index contributed by atoms with van der Waals surface area (Å²) in [5.41, 5.74) is 6.89. The quantitative estimate of drug-likeness (QED) is 0.848. The summed E-state index contributed by atoms with van der Waals surface area (Å²) in [6.45, 7) is 4.15. The van der Waals surface area contributed by atoms with Gasteiger partial charge in [-0.3, -0.25) is 14.3 Å². The van der Waals surface area contributed by atoms with Crippen molar-refractivity contribution in [2.24, 2.45) is 5.73 Å². The van der Waals surface area contributed by atoms with E-state index in [1.165, 1.54) is 6.07 Å². The third-order valence-corrected chi connectivity index (χ3v) is 3.69. The van der Waals surface area contributed by atoms with Crippen LogP contribution < -0.4 is 11.1 Å². The second-order valence-corrected chi connectivity index (χ2v) is 5.88. The van der Waals surface area contributed by atoms with E-state index in [9.17, 15) is 9.59 Å². The van der Waals surface area contributed by atoms with Crippen LogP contribution in [0.2, 0.25) is 5.02 Å². The summed E-state index contributed by atoms with van der Waals surface area (Å²) in [6, 6.07) is 4.68. The monoisotopic (exact) mass is 384 g/mol. The molecule has 22 heavy (non-hydrogen) atoms. The maximum atomic E-state index is 12.4. The molecule has 2 rings (SSSR count). The van der Waals surface area contributed by atoms with Crippen LogP contribution in [0.5, 0.6) is 0 Å². The molecule has 0 bridgehead atoms. The zero-order valence-electron chi connectivity index (χ0n) is 12.0. The molecule has 0 saturated carbocycles. The van der Waals surface area contributed by atoms with Gasteiger partial charge in [-0.1, -0.05) is 11.6 Å². The lowest BCUT2D eigenvalue weighted by Crippen LogP contribution is -2.21. The molecular formula is C14H14BrClN4O2. The maximum Gasteiger partial charge on any atom is 0.274 e. The highest BCUT2D eigenvalue weighted by Gasteiger charge is 2.19. The van der Waals surface area contributed by atoms with Crippen LogP contribution >= 0.6 is 27.5 Å². The fourth-order valence-electron chi connectivity index (χ4n) is 2.09. The van der Waals surface area contributed by atoms with Crippen LogP contribution in [0.3, 0.4) is 0 Å². The average molecular weight is 386 g/mol. The van der Waals surface area contributed by atoms with Gasteiger partial charge in [-0.25, -0.2) is 0 Å². The van der Waals surface area contributed by atoms with Gasteiger partial charge in [0.1, 0.15) is 10.3 Å². The summed E-state index contributed by atoms with van der Waals surface area (Å²) < 4.78 is 2.11. The van der Waals surface area contributed by atoms with Crippen molar-refractivity contribution in [3.63, 3.8) is 0 Å². The minimum atomic E-state index is -0.661. The summed E-state index contributed by atoms with van der Waals surface area (Å²) >= 11 is 9.17. The predicted octanol–water partition coefficient (Wildman–Crippen LogP) is 2.98. The first-order valence-electron chi connectivity index (χ1n) is 6.48. The Hall–Kier alpha value is -1.86. The van der Waals surface area contributed by atoms with E-state index in [1.807, 2.05) is 6.92 Å². The van der Waals surface area contributed by atoms with E-state index < -0.39 is 5.91 Å². The fourth-order valence-corrected chi connectivity index (χ4v) is 2.77. The molecule has 1 aromatic heterocycles. The Morgan fingerprint density at radius 3 is 2.68 bits per heavy atom. The minimum absolute atomic E-state index is 0.167. The van der Waals surface area contributed by atoms with Gasteiger partial charge < -0.3 is 11.1 Å². The highest BCUT2D eigenvalue weighted by atomic mass is 79.9. The summed E-state index contributed by atoms with van der Waals surface area (Å²) in [5, 5.41) is 7.24. The first-order chi connectivity index (χ1) is 10.3. The van der Waals surface area contributed by atoms with Crippen LogP contribution in [-0.4, -0.2) is 21.6 Å². The molecule has 0 aliphatic carbocycles. The van der Waals surface area contributed by atoms with E-state index >= 15 is 0 Å². The maximum absolute atomic E-state index is 12.4. The lowest BCUT2D eigenvalue weighted by atomic mass is 10.1. The van der Waals surface area contributed by atoms with E-state index in [0.29, 0.717) is 33.1 Å². The number of anilines is 1. The van der Waals surface area contributed by atoms with Gasteiger partial charge in [-0.2, -0.15) is 5.10 Å². The second-order valence-electron chi connectivity index (χ2n) is 4.63. The predicted molar refractivity (Wildman–Crippen MR) is 88.3 cm³/mol. The number of primary amides is 1. The van der Waals surface area contributed by atoms with E-state index in [1.54, 1.807) is 23.7 Å². The Balaban J connectivity index is 2.42. The number of nitrogens with two attached hydrogens (primary N) is 1. The van der Waals surface area contributed by atoms with Crippen LogP contribution in [0.1, 0.15) is 33.3 Å². The Kier molecular flexibility index (Phi) is 4.87. The van der Waals surface area contributed by atoms with Gasteiger partial charge in [0.05, 0.1) is 11.3 Å². The van der Waals surface area contributed by atoms with Gasteiger partial charge in [0.2, 0.25) is 0 Å². The molecule has 0 aliphatic heterocycles. The molecule has 6 nitrogen and oxygen atoms in total. The van der Waals surface area contributed by atoms with Gasteiger partial charge in [0.15, 0.2) is 0 Å². The van der Waals surface area contributed by atoms with Crippen LogP contribution in [0.15, 0.2) is 22.8 Å². The number of aromatic nitrogens is 2. The second kappa shape index (κ2) is 6.50. The number of hydrogen-bond donors (Lipinski definition) is 2. The molecule has 8 heteroatoms. The van der Waals surface area contributed by atoms with E-state index in [0.717, 1.165) is 0 Å². The Labute approximate surface area is 140 Å². The standard InChI is InChI=1S/C14H14BrClN4O2/c1-3-20-10(6-11(15)19-20)14(22)18-12-7(2)4-8(16)5-9(12)13(17)21/h4-6H,3H2,1-2H3,(H2,17,21)(H,18,22). The number of halogens is 2. The number of hydrogen-bond acceptors (Lipinski definition) is 3. The third-order valence-electron chi connectivity index (χ3n) is 3.09. The third kappa shape index (κ3) is 3.31. The molecule has 0 aliphatic rings. The summed E-state index contributed by atoms with van der Waals surface area (Å²) in [6.07, 6.45) is 0. The largest absolute Gasteiger partial charge is 0.366 e. The van der Waals surface area contributed by atoms with Crippen LogP contribution in [0.25, 0.3) is 0 Å². The first-order valence-corrected chi connectivity index (χ1v) is 7.65. The zero-order chi connectivity index (χ0) is 16.4. The smallest absolute Gasteiger partial charge is 0.274 e. The fraction of sp³-hybridized carbons (Fsp3) is 0.214. The van der Waals surface area contributed by atoms with Crippen molar-refractivity contribution in [1.82, 2.24) is 9.78 Å². The highest BCUT2D eigenvalue weighted by Crippen LogP contribution is 2.26. The lowest BCUT2D eigenvalue weighted by Gasteiger charge is -2.13. The number of rotatable bonds is 4. The summed E-state index contributed by atoms with van der Waals surface area (Å²) in [7, 11) is 0. The number of aryl methyl sites for hydroxylation is 2. The van der Waals surface area contributed by atoms with Crippen molar-refractivity contribution in [1.29, 1.82) is 0 Å². The van der Waals surface area contributed by atoms with Crippen molar-refractivity contribution in [2.75, 3.05) is 5.32 Å². The summed E-state index contributed by atoms with van der Waals surface area (Å²) in [4.78, 5) is 24.0. The molecule has 0 saturated heterocycles. The molecule has 0 spiro atoms. The van der Waals surface area contributed by atoms with E-state index in [2.05, 4.69) is 26.3 Å². The number of nitrogens with one attached hydrogen (secondary N) is 1. The molecule has 1 aromatic carbocycles. The van der Waals surface area contributed by atoms with Crippen molar-refractivity contribution in [2.45, 2.75) is 20.4 Å². The molecule has 3 N–H and O–H groups in total. The molecule has 116 valence electrons. The number of benzene rings is 1. The van der Waals surface area contributed by atoms with E-state index in [4.69, 9.17) is 17.3 Å². The van der Waals surface area contributed by atoms with Crippen molar-refractivity contribution < 1.29 is 9.59 Å². The van der Waals surface area contributed by atoms with Crippen molar-refractivity contribution in [3.05, 3.63) is 44.6 Å². The molecule has 0 unspecified atom stereocenters. The van der Waals surface area contributed by atoms with Gasteiger partial charge in [-0.15, -0.1) is 0 Å². The lowest BCUT2D eigenvalue weighted by molar-refractivity contribution is 0.100. The Morgan fingerprint density at radius 1 is 1.41 bits per heavy atom. The first kappa shape index (κ1) is 16.5. The molecule has 0 atom stereocenters.